The van der Waals surface area contributed by atoms with Crippen LogP contribution in [0.1, 0.15) is 11.1 Å². The Morgan fingerprint density at radius 2 is 2.23 bits per heavy atom. The number of nitrogens with zero attached hydrogens (tertiary/aromatic N) is 1. The predicted molar refractivity (Wildman–Crippen MR) is 64.0 cm³/mol. The summed E-state index contributed by atoms with van der Waals surface area (Å²) < 4.78 is 2.47. The molecule has 1 nitrogen and oxygen atoms in total. The maximum atomic E-state index is 8.89. The van der Waals surface area contributed by atoms with E-state index in [1.165, 1.54) is 13.1 Å². The number of benzene rings is 1. The Kier molecular flexibility index (Phi) is 2.26. The largest absolute Gasteiger partial charge is 0.192 e. The Balaban J connectivity index is 2.94. The topological polar surface area (TPSA) is 23.8 Å². The monoisotopic (exact) mass is 299 g/mol. The molecular weight excluding hydrogens is 293 g/mol. The molecule has 0 atom stereocenters. The van der Waals surface area contributed by atoms with E-state index in [0.29, 0.717) is 0 Å². The molecule has 0 aliphatic carbocycles. The number of hydrogen-bond acceptors (Lipinski definition) is 2. The van der Waals surface area contributed by atoms with Gasteiger partial charge in [-0.25, -0.2) is 0 Å². The van der Waals surface area contributed by atoms with Crippen molar-refractivity contribution in [2.75, 3.05) is 0 Å². The fraction of sp³-hybridized carbons (Fsp3) is 0.100. The van der Waals surface area contributed by atoms with Crippen LogP contribution in [0, 0.1) is 21.1 Å². The molecule has 1 aromatic carbocycles. The van der Waals surface area contributed by atoms with Crippen molar-refractivity contribution >= 4 is 44.0 Å². The fourth-order valence-corrected chi connectivity index (χ4v) is 3.18. The summed E-state index contributed by atoms with van der Waals surface area (Å²) in [5, 5.41) is 9.98. The molecule has 64 valence electrons. The Morgan fingerprint density at radius 3 is 2.92 bits per heavy atom. The van der Waals surface area contributed by atoms with E-state index in [0.717, 1.165) is 10.9 Å². The maximum absolute atomic E-state index is 8.89. The highest BCUT2D eigenvalue weighted by molar-refractivity contribution is 14.1. The van der Waals surface area contributed by atoms with Gasteiger partial charge in [0.05, 0.1) is 14.5 Å². The summed E-state index contributed by atoms with van der Waals surface area (Å²) in [6.45, 7) is 2.08. The molecule has 2 aromatic rings. The van der Waals surface area contributed by atoms with Crippen LogP contribution < -0.4 is 0 Å². The molecule has 0 bridgehead atoms. The highest BCUT2D eigenvalue weighted by Gasteiger charge is 2.06. The number of aryl methyl sites for hydroxylation is 1. The van der Waals surface area contributed by atoms with Crippen LogP contribution in [0.2, 0.25) is 0 Å². The van der Waals surface area contributed by atoms with Crippen LogP contribution in [0.15, 0.2) is 18.2 Å². The number of halogens is 1. The lowest BCUT2D eigenvalue weighted by atomic mass is 10.1. The normalized spacial score (nSPS) is 10.2. The molecule has 0 aliphatic heterocycles. The van der Waals surface area contributed by atoms with Crippen molar-refractivity contribution in [2.45, 2.75) is 6.92 Å². The summed E-state index contributed by atoms with van der Waals surface area (Å²) in [7, 11) is 0. The van der Waals surface area contributed by atoms with Crippen LogP contribution in [0.25, 0.3) is 10.1 Å². The zero-order valence-electron chi connectivity index (χ0n) is 6.97. The molecule has 0 saturated heterocycles. The van der Waals surface area contributed by atoms with Gasteiger partial charge >= 0.3 is 0 Å². The van der Waals surface area contributed by atoms with E-state index in [-0.39, 0.29) is 0 Å². The second kappa shape index (κ2) is 3.28. The maximum Gasteiger partial charge on any atom is 0.0998 e. The number of thiophene rings is 1. The molecule has 1 heterocycles. The third kappa shape index (κ3) is 1.45. The molecule has 1 aromatic heterocycles. The first-order valence-electron chi connectivity index (χ1n) is 3.81. The van der Waals surface area contributed by atoms with Crippen molar-refractivity contribution in [1.29, 1.82) is 5.26 Å². The lowest BCUT2D eigenvalue weighted by Gasteiger charge is -1.95. The smallest absolute Gasteiger partial charge is 0.0998 e. The summed E-state index contributed by atoms with van der Waals surface area (Å²) in [5.74, 6) is 0. The number of rotatable bonds is 0. The summed E-state index contributed by atoms with van der Waals surface area (Å²) in [5.41, 5.74) is 2.03. The van der Waals surface area contributed by atoms with Crippen LogP contribution >= 0.6 is 33.9 Å². The Morgan fingerprint density at radius 1 is 1.46 bits per heavy atom. The van der Waals surface area contributed by atoms with E-state index in [1.54, 1.807) is 11.3 Å². The number of hydrogen-bond donors (Lipinski definition) is 0. The SMILES string of the molecule is Cc1ccc(C#N)c2cc(I)sc12. The second-order valence-corrected chi connectivity index (χ2v) is 5.78. The molecule has 0 spiro atoms. The Hall–Kier alpha value is -0.600. The van der Waals surface area contributed by atoms with Gasteiger partial charge in [0.25, 0.3) is 0 Å². The standard InChI is InChI=1S/C10H6INS/c1-6-2-3-7(5-12)8-4-9(11)13-10(6)8/h2-4H,1H3. The minimum atomic E-state index is 0.778. The molecule has 0 fully saturated rings. The first kappa shape index (κ1) is 8.97. The molecule has 3 heteroatoms. The van der Waals surface area contributed by atoms with Gasteiger partial charge < -0.3 is 0 Å². The van der Waals surface area contributed by atoms with Crippen molar-refractivity contribution in [2.24, 2.45) is 0 Å². The predicted octanol–water partition coefficient (Wildman–Crippen LogP) is 3.69. The lowest BCUT2D eigenvalue weighted by Crippen LogP contribution is -1.77. The van der Waals surface area contributed by atoms with Crippen molar-refractivity contribution < 1.29 is 0 Å². The number of nitriles is 1. The average molecular weight is 299 g/mol. The van der Waals surface area contributed by atoms with Crippen molar-refractivity contribution in [3.05, 3.63) is 32.2 Å². The van der Waals surface area contributed by atoms with Gasteiger partial charge in [0.2, 0.25) is 0 Å². The lowest BCUT2D eigenvalue weighted by molar-refractivity contribution is 1.49. The third-order valence-corrected chi connectivity index (χ3v) is 4.00. The van der Waals surface area contributed by atoms with Gasteiger partial charge in [-0.2, -0.15) is 5.26 Å². The zero-order valence-corrected chi connectivity index (χ0v) is 9.94. The van der Waals surface area contributed by atoms with Crippen LogP contribution in [-0.4, -0.2) is 0 Å². The number of fused-ring (bicyclic) bond motifs is 1. The minimum absolute atomic E-state index is 0.778. The average Bonchev–Trinajstić information content (AvgIpc) is 2.48. The van der Waals surface area contributed by atoms with Gasteiger partial charge in [-0.05, 0) is 47.2 Å². The van der Waals surface area contributed by atoms with E-state index in [9.17, 15) is 0 Å². The quantitative estimate of drug-likeness (QED) is 0.681. The van der Waals surface area contributed by atoms with Crippen molar-refractivity contribution in [1.82, 2.24) is 0 Å². The van der Waals surface area contributed by atoms with Crippen LogP contribution in [-0.2, 0) is 0 Å². The van der Waals surface area contributed by atoms with Gasteiger partial charge in [-0.3, -0.25) is 0 Å². The molecule has 0 N–H and O–H groups in total. The van der Waals surface area contributed by atoms with Gasteiger partial charge in [0.15, 0.2) is 0 Å². The molecule has 0 saturated carbocycles. The van der Waals surface area contributed by atoms with Crippen LogP contribution in [0.5, 0.6) is 0 Å². The highest BCUT2D eigenvalue weighted by atomic mass is 127. The van der Waals surface area contributed by atoms with Gasteiger partial charge in [0, 0.05) is 10.1 Å². The van der Waals surface area contributed by atoms with E-state index in [4.69, 9.17) is 5.26 Å². The first-order chi connectivity index (χ1) is 6.22. The van der Waals surface area contributed by atoms with Gasteiger partial charge in [0.1, 0.15) is 0 Å². The van der Waals surface area contributed by atoms with E-state index in [2.05, 4.69) is 41.7 Å². The van der Waals surface area contributed by atoms with Gasteiger partial charge in [-0.1, -0.05) is 6.07 Å². The summed E-state index contributed by atoms with van der Waals surface area (Å²) in [4.78, 5) is 0. The molecule has 13 heavy (non-hydrogen) atoms. The van der Waals surface area contributed by atoms with E-state index < -0.39 is 0 Å². The second-order valence-electron chi connectivity index (χ2n) is 2.84. The molecule has 0 amide bonds. The van der Waals surface area contributed by atoms with Crippen LogP contribution in [0.4, 0.5) is 0 Å². The Bertz CT molecular complexity index is 507. The van der Waals surface area contributed by atoms with E-state index >= 15 is 0 Å². The minimum Gasteiger partial charge on any atom is -0.192 e. The molecular formula is C10H6INS. The zero-order chi connectivity index (χ0) is 9.42. The third-order valence-electron chi connectivity index (χ3n) is 1.97. The molecule has 0 unspecified atom stereocenters. The summed E-state index contributed by atoms with van der Waals surface area (Å²) in [6.07, 6.45) is 0. The van der Waals surface area contributed by atoms with Crippen LogP contribution in [0.3, 0.4) is 0 Å². The summed E-state index contributed by atoms with van der Waals surface area (Å²) >= 11 is 4.04. The highest BCUT2D eigenvalue weighted by Crippen LogP contribution is 2.31. The van der Waals surface area contributed by atoms with Crippen molar-refractivity contribution in [3.63, 3.8) is 0 Å². The van der Waals surface area contributed by atoms with Gasteiger partial charge in [-0.15, -0.1) is 11.3 Å². The molecule has 0 aliphatic rings. The Labute approximate surface area is 94.1 Å². The summed E-state index contributed by atoms with van der Waals surface area (Å²) in [6, 6.07) is 8.19. The first-order valence-corrected chi connectivity index (χ1v) is 5.70. The van der Waals surface area contributed by atoms with Crippen molar-refractivity contribution in [3.8, 4) is 6.07 Å². The van der Waals surface area contributed by atoms with E-state index in [1.807, 2.05) is 12.1 Å². The molecule has 2 rings (SSSR count). The fourth-order valence-electron chi connectivity index (χ4n) is 1.33. The molecule has 0 radical (unpaired) electrons.